The number of nitrogens with zero attached hydrogens (tertiary/aromatic N) is 2. The molecule has 1 atom stereocenters. The van der Waals surface area contributed by atoms with Crippen molar-refractivity contribution < 1.29 is 0 Å². The van der Waals surface area contributed by atoms with Crippen molar-refractivity contribution in [1.82, 2.24) is 9.78 Å². The summed E-state index contributed by atoms with van der Waals surface area (Å²) in [6, 6.07) is 14.3. The summed E-state index contributed by atoms with van der Waals surface area (Å²) in [5, 5.41) is 7.73. The topological polar surface area (TPSA) is 29.9 Å². The maximum atomic E-state index is 5.98. The van der Waals surface area contributed by atoms with E-state index in [1.807, 2.05) is 35.1 Å². The molecule has 3 aromatic rings. The number of hydrogen-bond acceptors (Lipinski definition) is 3. The standard InChI is InChI=1S/C15H14ClN3S/c1-11(14-6-7-15(16)20-14)18-12-4-2-5-13(10-12)19-9-3-8-17-19/h2-11,18H,1H3. The Balaban J connectivity index is 1.79. The minimum Gasteiger partial charge on any atom is -0.378 e. The highest BCUT2D eigenvalue weighted by Gasteiger charge is 2.08. The van der Waals surface area contributed by atoms with Gasteiger partial charge in [0.05, 0.1) is 16.1 Å². The van der Waals surface area contributed by atoms with Crippen LogP contribution >= 0.6 is 22.9 Å². The van der Waals surface area contributed by atoms with E-state index in [4.69, 9.17) is 11.6 Å². The van der Waals surface area contributed by atoms with Crippen molar-refractivity contribution in [1.29, 1.82) is 0 Å². The van der Waals surface area contributed by atoms with Crippen molar-refractivity contribution in [2.24, 2.45) is 0 Å². The van der Waals surface area contributed by atoms with Gasteiger partial charge in [-0.2, -0.15) is 5.10 Å². The number of halogens is 1. The van der Waals surface area contributed by atoms with Gasteiger partial charge in [-0.3, -0.25) is 0 Å². The van der Waals surface area contributed by atoms with Gasteiger partial charge in [-0.1, -0.05) is 17.7 Å². The number of nitrogens with one attached hydrogen (secondary N) is 1. The highest BCUT2D eigenvalue weighted by molar-refractivity contribution is 7.16. The van der Waals surface area contributed by atoms with Gasteiger partial charge in [0.1, 0.15) is 0 Å². The fourth-order valence-electron chi connectivity index (χ4n) is 2.04. The number of anilines is 1. The largest absolute Gasteiger partial charge is 0.378 e. The molecule has 0 radical (unpaired) electrons. The first-order valence-electron chi connectivity index (χ1n) is 6.34. The number of rotatable bonds is 4. The first-order valence-corrected chi connectivity index (χ1v) is 7.54. The first-order chi connectivity index (χ1) is 9.72. The normalized spacial score (nSPS) is 12.3. The Kier molecular flexibility index (Phi) is 3.76. The average molecular weight is 304 g/mol. The molecule has 0 bridgehead atoms. The molecule has 2 heterocycles. The van der Waals surface area contributed by atoms with Crippen molar-refractivity contribution >= 4 is 28.6 Å². The molecule has 0 aliphatic carbocycles. The monoisotopic (exact) mass is 303 g/mol. The highest BCUT2D eigenvalue weighted by Crippen LogP contribution is 2.29. The molecule has 0 fully saturated rings. The molecule has 102 valence electrons. The van der Waals surface area contributed by atoms with Crippen LogP contribution in [0.25, 0.3) is 5.69 Å². The van der Waals surface area contributed by atoms with Gasteiger partial charge in [-0.15, -0.1) is 11.3 Å². The summed E-state index contributed by atoms with van der Waals surface area (Å²) in [6.07, 6.45) is 3.71. The van der Waals surface area contributed by atoms with Crippen LogP contribution in [0.15, 0.2) is 54.9 Å². The van der Waals surface area contributed by atoms with E-state index in [2.05, 4.69) is 35.5 Å². The van der Waals surface area contributed by atoms with Gasteiger partial charge in [0.15, 0.2) is 0 Å². The van der Waals surface area contributed by atoms with E-state index >= 15 is 0 Å². The van der Waals surface area contributed by atoms with Crippen LogP contribution in [0.4, 0.5) is 5.69 Å². The summed E-state index contributed by atoms with van der Waals surface area (Å²) >= 11 is 7.58. The molecule has 0 aliphatic heterocycles. The molecule has 0 amide bonds. The Bertz CT molecular complexity index is 691. The molecule has 20 heavy (non-hydrogen) atoms. The fraction of sp³-hybridized carbons (Fsp3) is 0.133. The Labute approximate surface area is 126 Å². The quantitative estimate of drug-likeness (QED) is 0.753. The molecule has 0 saturated heterocycles. The van der Waals surface area contributed by atoms with Gasteiger partial charge in [-0.25, -0.2) is 4.68 Å². The molecule has 0 saturated carbocycles. The number of benzene rings is 1. The number of hydrogen-bond donors (Lipinski definition) is 1. The molecular formula is C15H14ClN3S. The molecule has 2 aromatic heterocycles. The smallest absolute Gasteiger partial charge is 0.0932 e. The van der Waals surface area contributed by atoms with E-state index in [-0.39, 0.29) is 6.04 Å². The van der Waals surface area contributed by atoms with Gasteiger partial charge in [-0.05, 0) is 43.3 Å². The third-order valence-corrected chi connectivity index (χ3v) is 4.43. The van der Waals surface area contributed by atoms with E-state index < -0.39 is 0 Å². The number of thiophene rings is 1. The van der Waals surface area contributed by atoms with E-state index in [0.717, 1.165) is 15.7 Å². The zero-order valence-corrected chi connectivity index (χ0v) is 12.5. The summed E-state index contributed by atoms with van der Waals surface area (Å²) in [4.78, 5) is 1.22. The molecular weight excluding hydrogens is 290 g/mol. The minimum absolute atomic E-state index is 0.223. The molecule has 1 N–H and O–H groups in total. The second kappa shape index (κ2) is 5.69. The van der Waals surface area contributed by atoms with Crippen LogP contribution in [0.2, 0.25) is 4.34 Å². The van der Waals surface area contributed by atoms with Crippen LogP contribution in [0.5, 0.6) is 0 Å². The van der Waals surface area contributed by atoms with E-state index in [9.17, 15) is 0 Å². The van der Waals surface area contributed by atoms with Crippen molar-refractivity contribution in [3.8, 4) is 5.69 Å². The summed E-state index contributed by atoms with van der Waals surface area (Å²) in [6.45, 7) is 2.13. The van der Waals surface area contributed by atoms with Crippen LogP contribution in [-0.4, -0.2) is 9.78 Å². The maximum absolute atomic E-state index is 5.98. The van der Waals surface area contributed by atoms with Gasteiger partial charge in [0, 0.05) is 23.0 Å². The van der Waals surface area contributed by atoms with Crippen molar-refractivity contribution in [2.75, 3.05) is 5.32 Å². The Morgan fingerprint density at radius 1 is 1.25 bits per heavy atom. The maximum Gasteiger partial charge on any atom is 0.0932 e. The van der Waals surface area contributed by atoms with E-state index in [1.165, 1.54) is 4.88 Å². The lowest BCUT2D eigenvalue weighted by Crippen LogP contribution is -2.05. The predicted octanol–water partition coefficient (Wildman–Crippen LogP) is 4.76. The van der Waals surface area contributed by atoms with Crippen LogP contribution < -0.4 is 5.32 Å². The molecule has 3 rings (SSSR count). The summed E-state index contributed by atoms with van der Waals surface area (Å²) in [7, 11) is 0. The summed E-state index contributed by atoms with van der Waals surface area (Å²) < 4.78 is 2.66. The SMILES string of the molecule is CC(Nc1cccc(-n2cccn2)c1)c1ccc(Cl)s1. The van der Waals surface area contributed by atoms with E-state index in [0.29, 0.717) is 0 Å². The third kappa shape index (κ3) is 2.86. The summed E-state index contributed by atoms with van der Waals surface area (Å²) in [5.74, 6) is 0. The zero-order valence-electron chi connectivity index (χ0n) is 11.0. The number of aromatic nitrogens is 2. The van der Waals surface area contributed by atoms with Crippen molar-refractivity contribution in [3.63, 3.8) is 0 Å². The molecule has 1 unspecified atom stereocenters. The lowest BCUT2D eigenvalue weighted by Gasteiger charge is -2.14. The second-order valence-electron chi connectivity index (χ2n) is 4.51. The van der Waals surface area contributed by atoms with Crippen molar-refractivity contribution in [2.45, 2.75) is 13.0 Å². The predicted molar refractivity (Wildman–Crippen MR) is 84.9 cm³/mol. The lowest BCUT2D eigenvalue weighted by atomic mass is 10.2. The fourth-order valence-corrected chi connectivity index (χ4v) is 3.11. The summed E-state index contributed by atoms with van der Waals surface area (Å²) in [5.41, 5.74) is 2.10. The molecule has 0 spiro atoms. The highest BCUT2D eigenvalue weighted by atomic mass is 35.5. The van der Waals surface area contributed by atoms with Crippen molar-refractivity contribution in [3.05, 3.63) is 64.1 Å². The first kappa shape index (κ1) is 13.2. The van der Waals surface area contributed by atoms with Gasteiger partial charge in [0.25, 0.3) is 0 Å². The Morgan fingerprint density at radius 2 is 2.15 bits per heavy atom. The van der Waals surface area contributed by atoms with Crippen LogP contribution in [0.3, 0.4) is 0 Å². The average Bonchev–Trinajstić information content (AvgIpc) is 3.10. The molecule has 1 aromatic carbocycles. The lowest BCUT2D eigenvalue weighted by molar-refractivity contribution is 0.875. The van der Waals surface area contributed by atoms with Crippen LogP contribution in [0, 0.1) is 0 Å². The third-order valence-electron chi connectivity index (χ3n) is 3.02. The second-order valence-corrected chi connectivity index (χ2v) is 6.26. The Hall–Kier alpha value is -1.78. The Morgan fingerprint density at radius 3 is 2.85 bits per heavy atom. The van der Waals surface area contributed by atoms with Gasteiger partial charge in [0.2, 0.25) is 0 Å². The molecule has 3 nitrogen and oxygen atoms in total. The van der Waals surface area contributed by atoms with Crippen LogP contribution in [-0.2, 0) is 0 Å². The minimum atomic E-state index is 0.223. The van der Waals surface area contributed by atoms with Crippen LogP contribution in [0.1, 0.15) is 17.8 Å². The zero-order chi connectivity index (χ0) is 13.9. The van der Waals surface area contributed by atoms with Gasteiger partial charge >= 0.3 is 0 Å². The van der Waals surface area contributed by atoms with E-state index in [1.54, 1.807) is 17.5 Å². The molecule has 0 aliphatic rings. The molecule has 5 heteroatoms. The van der Waals surface area contributed by atoms with Gasteiger partial charge < -0.3 is 5.32 Å².